The van der Waals surface area contributed by atoms with E-state index in [0.717, 1.165) is 16.9 Å². The molecule has 0 amide bonds. The SMILES string of the molecule is COc1cc(Cl)cc(CC#N)c1C(C)C. The molecule has 3 heteroatoms. The number of nitrogens with zero attached hydrogens (tertiary/aromatic N) is 1. The average molecular weight is 224 g/mol. The lowest BCUT2D eigenvalue weighted by molar-refractivity contribution is 0.407. The predicted molar refractivity (Wildman–Crippen MR) is 61.4 cm³/mol. The highest BCUT2D eigenvalue weighted by molar-refractivity contribution is 6.30. The van der Waals surface area contributed by atoms with Crippen LogP contribution in [-0.2, 0) is 6.42 Å². The first kappa shape index (κ1) is 11.9. The highest BCUT2D eigenvalue weighted by atomic mass is 35.5. The molecule has 0 saturated heterocycles. The lowest BCUT2D eigenvalue weighted by Crippen LogP contribution is -2.00. The number of rotatable bonds is 3. The standard InChI is InChI=1S/C12H14ClNO/c1-8(2)12-9(4-5-14)6-10(13)7-11(12)15-3/h6-8H,4H2,1-3H3. The second-order valence-corrected chi connectivity index (χ2v) is 4.11. The van der Waals surface area contributed by atoms with Gasteiger partial charge in [-0.2, -0.15) is 5.26 Å². The van der Waals surface area contributed by atoms with Gasteiger partial charge in [-0.25, -0.2) is 0 Å². The molecule has 0 bridgehead atoms. The van der Waals surface area contributed by atoms with Crippen molar-refractivity contribution in [2.45, 2.75) is 26.2 Å². The van der Waals surface area contributed by atoms with E-state index in [1.807, 2.05) is 6.07 Å². The molecule has 0 aliphatic heterocycles. The minimum atomic E-state index is 0.320. The van der Waals surface area contributed by atoms with Gasteiger partial charge >= 0.3 is 0 Å². The fourth-order valence-corrected chi connectivity index (χ4v) is 1.93. The van der Waals surface area contributed by atoms with Crippen LogP contribution in [0.3, 0.4) is 0 Å². The Bertz CT molecular complexity index is 393. The number of benzene rings is 1. The summed E-state index contributed by atoms with van der Waals surface area (Å²) in [6.45, 7) is 4.15. The molecule has 1 aromatic carbocycles. The second-order valence-electron chi connectivity index (χ2n) is 3.67. The first-order chi connectivity index (χ1) is 7.10. The molecule has 0 aliphatic carbocycles. The zero-order chi connectivity index (χ0) is 11.4. The first-order valence-electron chi connectivity index (χ1n) is 4.83. The van der Waals surface area contributed by atoms with Crippen LogP contribution in [0.4, 0.5) is 0 Å². The molecule has 2 nitrogen and oxygen atoms in total. The van der Waals surface area contributed by atoms with Crippen LogP contribution in [0.1, 0.15) is 30.9 Å². The number of methoxy groups -OCH3 is 1. The fraction of sp³-hybridized carbons (Fsp3) is 0.417. The summed E-state index contributed by atoms with van der Waals surface area (Å²) in [4.78, 5) is 0. The quantitative estimate of drug-likeness (QED) is 0.785. The molecule has 0 aromatic heterocycles. The van der Waals surface area contributed by atoms with Gasteiger partial charge in [-0.05, 0) is 23.6 Å². The van der Waals surface area contributed by atoms with E-state index in [0.29, 0.717) is 17.4 Å². The van der Waals surface area contributed by atoms with Crippen LogP contribution in [0.15, 0.2) is 12.1 Å². The lowest BCUT2D eigenvalue weighted by atomic mass is 9.94. The molecular formula is C12H14ClNO. The van der Waals surface area contributed by atoms with E-state index in [2.05, 4.69) is 19.9 Å². The maximum Gasteiger partial charge on any atom is 0.124 e. The molecule has 0 fully saturated rings. The van der Waals surface area contributed by atoms with Crippen LogP contribution >= 0.6 is 11.6 Å². The van der Waals surface area contributed by atoms with Crippen LogP contribution in [0, 0.1) is 11.3 Å². The maximum absolute atomic E-state index is 8.75. The Labute approximate surface area is 95.4 Å². The van der Waals surface area contributed by atoms with E-state index >= 15 is 0 Å². The smallest absolute Gasteiger partial charge is 0.124 e. The number of hydrogen-bond donors (Lipinski definition) is 0. The zero-order valence-electron chi connectivity index (χ0n) is 9.17. The van der Waals surface area contributed by atoms with Gasteiger partial charge in [0.05, 0.1) is 19.6 Å². The molecule has 15 heavy (non-hydrogen) atoms. The van der Waals surface area contributed by atoms with Gasteiger partial charge in [-0.15, -0.1) is 0 Å². The van der Waals surface area contributed by atoms with Gasteiger partial charge in [0, 0.05) is 10.6 Å². The Morgan fingerprint density at radius 1 is 1.47 bits per heavy atom. The summed E-state index contributed by atoms with van der Waals surface area (Å²) >= 11 is 5.95. The minimum Gasteiger partial charge on any atom is -0.496 e. The Morgan fingerprint density at radius 2 is 2.13 bits per heavy atom. The van der Waals surface area contributed by atoms with Crippen LogP contribution in [0.25, 0.3) is 0 Å². The normalized spacial score (nSPS) is 10.1. The Hall–Kier alpha value is -1.20. The zero-order valence-corrected chi connectivity index (χ0v) is 9.93. The third-order valence-electron chi connectivity index (χ3n) is 2.26. The van der Waals surface area contributed by atoms with E-state index in [-0.39, 0.29) is 0 Å². The van der Waals surface area contributed by atoms with Crippen molar-refractivity contribution < 1.29 is 4.74 Å². The molecule has 80 valence electrons. The number of hydrogen-bond acceptors (Lipinski definition) is 2. The molecule has 0 radical (unpaired) electrons. The van der Waals surface area contributed by atoms with Crippen molar-refractivity contribution in [3.8, 4) is 11.8 Å². The van der Waals surface area contributed by atoms with Crippen LogP contribution < -0.4 is 4.74 Å². The van der Waals surface area contributed by atoms with Crippen molar-refractivity contribution in [3.63, 3.8) is 0 Å². The Morgan fingerprint density at radius 3 is 2.60 bits per heavy atom. The molecule has 1 aromatic rings. The van der Waals surface area contributed by atoms with Gasteiger partial charge in [0.2, 0.25) is 0 Å². The third-order valence-corrected chi connectivity index (χ3v) is 2.48. The van der Waals surface area contributed by atoms with E-state index in [1.54, 1.807) is 13.2 Å². The van der Waals surface area contributed by atoms with Gasteiger partial charge in [0.15, 0.2) is 0 Å². The van der Waals surface area contributed by atoms with Crippen molar-refractivity contribution in [2.75, 3.05) is 7.11 Å². The van der Waals surface area contributed by atoms with Crippen molar-refractivity contribution in [3.05, 3.63) is 28.3 Å². The highest BCUT2D eigenvalue weighted by Gasteiger charge is 2.13. The summed E-state index contributed by atoms with van der Waals surface area (Å²) in [6.07, 6.45) is 0.366. The minimum absolute atomic E-state index is 0.320. The molecule has 0 N–H and O–H groups in total. The Balaban J connectivity index is 3.34. The third kappa shape index (κ3) is 2.64. The first-order valence-corrected chi connectivity index (χ1v) is 5.21. The van der Waals surface area contributed by atoms with E-state index in [4.69, 9.17) is 21.6 Å². The van der Waals surface area contributed by atoms with Crippen LogP contribution in [0.2, 0.25) is 5.02 Å². The molecule has 0 saturated carbocycles. The van der Waals surface area contributed by atoms with Gasteiger partial charge in [-0.3, -0.25) is 0 Å². The molecule has 0 atom stereocenters. The predicted octanol–water partition coefficient (Wildman–Crippen LogP) is 3.54. The number of nitriles is 1. The number of ether oxygens (including phenoxy) is 1. The summed E-state index contributed by atoms with van der Waals surface area (Å²) in [5, 5.41) is 9.36. The summed E-state index contributed by atoms with van der Waals surface area (Å²) in [6, 6.07) is 5.77. The molecule has 0 aliphatic rings. The Kier molecular flexibility index (Phi) is 3.99. The summed E-state index contributed by atoms with van der Waals surface area (Å²) in [5.41, 5.74) is 2.03. The molecule has 1 rings (SSSR count). The van der Waals surface area contributed by atoms with Gasteiger partial charge < -0.3 is 4.74 Å². The van der Waals surface area contributed by atoms with E-state index < -0.39 is 0 Å². The van der Waals surface area contributed by atoms with E-state index in [1.165, 1.54) is 0 Å². The van der Waals surface area contributed by atoms with Crippen LogP contribution in [0.5, 0.6) is 5.75 Å². The molecule has 0 unspecified atom stereocenters. The molecular weight excluding hydrogens is 210 g/mol. The monoisotopic (exact) mass is 223 g/mol. The molecule has 0 heterocycles. The topological polar surface area (TPSA) is 33.0 Å². The summed E-state index contributed by atoms with van der Waals surface area (Å²) in [5.74, 6) is 1.09. The van der Waals surface area contributed by atoms with Crippen molar-refractivity contribution in [1.82, 2.24) is 0 Å². The van der Waals surface area contributed by atoms with E-state index in [9.17, 15) is 0 Å². The number of halogens is 1. The maximum atomic E-state index is 8.75. The van der Waals surface area contributed by atoms with Crippen molar-refractivity contribution in [1.29, 1.82) is 5.26 Å². The summed E-state index contributed by atoms with van der Waals surface area (Å²) in [7, 11) is 1.62. The average Bonchev–Trinajstić information content (AvgIpc) is 2.16. The lowest BCUT2D eigenvalue weighted by Gasteiger charge is -2.16. The fourth-order valence-electron chi connectivity index (χ4n) is 1.70. The van der Waals surface area contributed by atoms with Crippen LogP contribution in [-0.4, -0.2) is 7.11 Å². The molecule has 0 spiro atoms. The van der Waals surface area contributed by atoms with Gasteiger partial charge in [-0.1, -0.05) is 25.4 Å². The van der Waals surface area contributed by atoms with Crippen molar-refractivity contribution in [2.24, 2.45) is 0 Å². The van der Waals surface area contributed by atoms with Crippen molar-refractivity contribution >= 4 is 11.6 Å². The summed E-state index contributed by atoms with van der Waals surface area (Å²) < 4.78 is 5.28. The van der Waals surface area contributed by atoms with Gasteiger partial charge in [0.25, 0.3) is 0 Å². The van der Waals surface area contributed by atoms with Gasteiger partial charge in [0.1, 0.15) is 5.75 Å². The largest absolute Gasteiger partial charge is 0.496 e. The second kappa shape index (κ2) is 5.04. The highest BCUT2D eigenvalue weighted by Crippen LogP contribution is 2.33.